The maximum atomic E-state index is 11.7. The Morgan fingerprint density at radius 3 is 2.58 bits per heavy atom. The summed E-state index contributed by atoms with van der Waals surface area (Å²) in [5.41, 5.74) is 2.29. The molecule has 0 aliphatic heterocycles. The number of unbranched alkanes of at least 4 members (excludes halogenated alkanes) is 1. The Kier molecular flexibility index (Phi) is 6.02. The number of carbonyl (C=O) groups is 2. The van der Waals surface area contributed by atoms with Crippen LogP contribution >= 0.6 is 0 Å². The highest BCUT2D eigenvalue weighted by Crippen LogP contribution is 2.20. The Labute approximate surface area is 113 Å². The Morgan fingerprint density at radius 2 is 1.95 bits per heavy atom. The van der Waals surface area contributed by atoms with Gasteiger partial charge in [-0.25, -0.2) is 0 Å². The molecule has 0 unspecified atom stereocenters. The van der Waals surface area contributed by atoms with Crippen molar-refractivity contribution in [2.75, 3.05) is 17.2 Å². The lowest BCUT2D eigenvalue weighted by atomic mass is 10.1. The zero-order chi connectivity index (χ0) is 14.3. The van der Waals surface area contributed by atoms with Crippen LogP contribution in [0.3, 0.4) is 0 Å². The summed E-state index contributed by atoms with van der Waals surface area (Å²) in [5.74, 6) is -0.236. The number of hydrogen-bond donors (Lipinski definition) is 3. The summed E-state index contributed by atoms with van der Waals surface area (Å²) >= 11 is 0. The van der Waals surface area contributed by atoms with Gasteiger partial charge in [-0.05, 0) is 37.5 Å². The van der Waals surface area contributed by atoms with E-state index < -0.39 is 0 Å². The molecule has 0 aromatic heterocycles. The summed E-state index contributed by atoms with van der Waals surface area (Å²) in [5, 5.41) is 14.1. The zero-order valence-electron chi connectivity index (χ0n) is 11.3. The lowest BCUT2D eigenvalue weighted by Gasteiger charge is -2.11. The van der Waals surface area contributed by atoms with E-state index in [0.717, 1.165) is 5.56 Å². The van der Waals surface area contributed by atoms with E-state index in [4.69, 9.17) is 5.11 Å². The first-order chi connectivity index (χ1) is 9.02. The number of anilines is 2. The van der Waals surface area contributed by atoms with E-state index in [9.17, 15) is 9.59 Å². The number of carbonyl (C=O) groups excluding carboxylic acids is 2. The molecule has 0 heterocycles. The first-order valence-electron chi connectivity index (χ1n) is 6.32. The topological polar surface area (TPSA) is 78.4 Å². The molecular weight excluding hydrogens is 244 g/mol. The molecule has 0 atom stereocenters. The minimum absolute atomic E-state index is 0.0866. The molecule has 1 aromatic rings. The number of nitrogens with one attached hydrogen (secondary N) is 2. The molecule has 0 aliphatic rings. The van der Waals surface area contributed by atoms with Crippen molar-refractivity contribution in [2.24, 2.45) is 0 Å². The van der Waals surface area contributed by atoms with Crippen LogP contribution < -0.4 is 10.6 Å². The van der Waals surface area contributed by atoms with Crippen molar-refractivity contribution >= 4 is 23.2 Å². The number of benzene rings is 1. The van der Waals surface area contributed by atoms with Gasteiger partial charge in [-0.15, -0.1) is 0 Å². The number of aliphatic hydroxyl groups excluding tert-OH is 1. The van der Waals surface area contributed by atoms with Crippen molar-refractivity contribution < 1.29 is 14.7 Å². The van der Waals surface area contributed by atoms with Crippen LogP contribution in [-0.2, 0) is 9.59 Å². The van der Waals surface area contributed by atoms with Gasteiger partial charge < -0.3 is 15.7 Å². The highest BCUT2D eigenvalue weighted by molar-refractivity contribution is 5.94. The average molecular weight is 264 g/mol. The van der Waals surface area contributed by atoms with Gasteiger partial charge in [-0.2, -0.15) is 0 Å². The molecule has 3 N–H and O–H groups in total. The maximum Gasteiger partial charge on any atom is 0.224 e. The molecule has 1 rings (SSSR count). The molecule has 1 aromatic carbocycles. The molecule has 104 valence electrons. The lowest BCUT2D eigenvalue weighted by Crippen LogP contribution is -2.13. The van der Waals surface area contributed by atoms with Gasteiger partial charge in [0.15, 0.2) is 0 Å². The van der Waals surface area contributed by atoms with Gasteiger partial charge in [0.25, 0.3) is 0 Å². The van der Waals surface area contributed by atoms with E-state index in [1.54, 1.807) is 12.1 Å². The summed E-state index contributed by atoms with van der Waals surface area (Å²) in [6, 6.07) is 5.37. The van der Waals surface area contributed by atoms with Crippen LogP contribution in [0.4, 0.5) is 11.4 Å². The van der Waals surface area contributed by atoms with Crippen molar-refractivity contribution in [3.05, 3.63) is 23.8 Å². The molecule has 0 radical (unpaired) electrons. The number of rotatable bonds is 6. The van der Waals surface area contributed by atoms with E-state index in [2.05, 4.69) is 10.6 Å². The average Bonchev–Trinajstić information content (AvgIpc) is 2.33. The van der Waals surface area contributed by atoms with E-state index in [-0.39, 0.29) is 18.4 Å². The molecule has 0 saturated carbocycles. The third-order valence-electron chi connectivity index (χ3n) is 2.64. The molecule has 2 amide bonds. The number of hydrogen-bond acceptors (Lipinski definition) is 3. The summed E-state index contributed by atoms with van der Waals surface area (Å²) in [7, 11) is 0. The molecule has 0 spiro atoms. The smallest absolute Gasteiger partial charge is 0.224 e. The summed E-state index contributed by atoms with van der Waals surface area (Å²) < 4.78 is 0. The highest BCUT2D eigenvalue weighted by atomic mass is 16.3. The van der Waals surface area contributed by atoms with Gasteiger partial charge >= 0.3 is 0 Å². The minimum atomic E-state index is -0.149. The van der Waals surface area contributed by atoms with Crippen LogP contribution in [0.25, 0.3) is 0 Å². The van der Waals surface area contributed by atoms with Crippen LogP contribution in [0.15, 0.2) is 18.2 Å². The zero-order valence-corrected chi connectivity index (χ0v) is 11.3. The Morgan fingerprint density at radius 1 is 1.21 bits per heavy atom. The summed E-state index contributed by atoms with van der Waals surface area (Å²) in [6.07, 6.45) is 1.66. The minimum Gasteiger partial charge on any atom is -0.396 e. The van der Waals surface area contributed by atoms with Gasteiger partial charge in [0.2, 0.25) is 11.8 Å². The second kappa shape index (κ2) is 7.53. The summed E-state index contributed by atoms with van der Waals surface area (Å²) in [4.78, 5) is 22.7. The molecule has 0 saturated heterocycles. The second-order valence-electron chi connectivity index (χ2n) is 4.44. The normalized spacial score (nSPS) is 10.1. The van der Waals surface area contributed by atoms with Crippen molar-refractivity contribution in [2.45, 2.75) is 33.1 Å². The van der Waals surface area contributed by atoms with Gasteiger partial charge in [0.1, 0.15) is 0 Å². The third-order valence-corrected chi connectivity index (χ3v) is 2.64. The number of aryl methyl sites for hydroxylation is 1. The lowest BCUT2D eigenvalue weighted by molar-refractivity contribution is -0.116. The van der Waals surface area contributed by atoms with E-state index in [0.29, 0.717) is 30.6 Å². The molecule has 0 bridgehead atoms. The maximum absolute atomic E-state index is 11.7. The van der Waals surface area contributed by atoms with E-state index in [1.165, 1.54) is 6.92 Å². The van der Waals surface area contributed by atoms with Gasteiger partial charge in [-0.3, -0.25) is 9.59 Å². The molecule has 19 heavy (non-hydrogen) atoms. The van der Waals surface area contributed by atoms with Crippen molar-refractivity contribution in [1.82, 2.24) is 0 Å². The standard InChI is InChI=1S/C14H20N2O3/c1-10-6-7-12(15-11(2)18)9-13(10)16-14(19)5-3-4-8-17/h6-7,9,17H,3-5,8H2,1-2H3,(H,15,18)(H,16,19). The van der Waals surface area contributed by atoms with Crippen molar-refractivity contribution in [3.8, 4) is 0 Å². The Balaban J connectivity index is 2.65. The Hall–Kier alpha value is -1.88. The first-order valence-corrected chi connectivity index (χ1v) is 6.32. The van der Waals surface area contributed by atoms with Crippen LogP contribution in [0.5, 0.6) is 0 Å². The molecule has 0 aliphatic carbocycles. The SMILES string of the molecule is CC(=O)Nc1ccc(C)c(NC(=O)CCCCO)c1. The van der Waals surface area contributed by atoms with Crippen LogP contribution in [0.2, 0.25) is 0 Å². The largest absolute Gasteiger partial charge is 0.396 e. The number of aliphatic hydroxyl groups is 1. The molecular formula is C14H20N2O3. The fourth-order valence-corrected chi connectivity index (χ4v) is 1.65. The van der Waals surface area contributed by atoms with Crippen LogP contribution in [0.1, 0.15) is 31.7 Å². The van der Waals surface area contributed by atoms with Gasteiger partial charge in [0, 0.05) is 31.3 Å². The van der Waals surface area contributed by atoms with E-state index in [1.807, 2.05) is 13.0 Å². The fourth-order valence-electron chi connectivity index (χ4n) is 1.65. The van der Waals surface area contributed by atoms with Crippen LogP contribution in [0, 0.1) is 6.92 Å². The molecule has 5 nitrogen and oxygen atoms in total. The molecule has 0 fully saturated rings. The second-order valence-corrected chi connectivity index (χ2v) is 4.44. The predicted octanol–water partition coefficient (Wildman–Crippen LogP) is 2.05. The first kappa shape index (κ1) is 15.2. The monoisotopic (exact) mass is 264 g/mol. The van der Waals surface area contributed by atoms with E-state index >= 15 is 0 Å². The number of amides is 2. The summed E-state index contributed by atoms with van der Waals surface area (Å²) in [6.45, 7) is 3.43. The Bertz CT molecular complexity index is 458. The molecule has 5 heteroatoms. The van der Waals surface area contributed by atoms with Crippen molar-refractivity contribution in [1.29, 1.82) is 0 Å². The third kappa shape index (κ3) is 5.52. The fraction of sp³-hybridized carbons (Fsp3) is 0.429. The van der Waals surface area contributed by atoms with Gasteiger partial charge in [0.05, 0.1) is 0 Å². The highest BCUT2D eigenvalue weighted by Gasteiger charge is 2.06. The quantitative estimate of drug-likeness (QED) is 0.688. The van der Waals surface area contributed by atoms with Crippen LogP contribution in [-0.4, -0.2) is 23.5 Å². The van der Waals surface area contributed by atoms with Crippen molar-refractivity contribution in [3.63, 3.8) is 0 Å². The van der Waals surface area contributed by atoms with Gasteiger partial charge in [-0.1, -0.05) is 6.07 Å². The predicted molar refractivity (Wildman–Crippen MR) is 75.0 cm³/mol.